The normalized spacial score (nSPS) is 11.7. The quantitative estimate of drug-likeness (QED) is 0.0110. The first-order valence-corrected chi connectivity index (χ1v) is 53.4. The molecular formula is C111H101F4N7O22S4. The molecule has 16 aromatic rings. The number of rotatable bonds is 29. The highest BCUT2D eigenvalue weighted by Gasteiger charge is 2.34. The number of sulfonamides is 4. The molecule has 4 aromatic heterocycles. The summed E-state index contributed by atoms with van der Waals surface area (Å²) in [6, 6.07) is 60.7. The van der Waals surface area contributed by atoms with Crippen molar-refractivity contribution in [3.05, 3.63) is 322 Å². The maximum atomic E-state index is 13.7. The fourth-order valence-corrected chi connectivity index (χ4v) is 18.7. The number of ketones is 4. The van der Waals surface area contributed by atoms with Gasteiger partial charge in [0.25, 0.3) is 11.8 Å². The predicted octanol–water partition coefficient (Wildman–Crippen LogP) is 24.3. The molecule has 4 heterocycles. The van der Waals surface area contributed by atoms with Crippen LogP contribution in [0.25, 0.3) is 139 Å². The number of amides is 2. The summed E-state index contributed by atoms with van der Waals surface area (Å²) in [5, 5.41) is 17.0. The smallest absolute Gasteiger partial charge is 0.337 e. The molecule has 2 amide bonds. The molecule has 0 saturated carbocycles. The lowest BCUT2D eigenvalue weighted by Crippen LogP contribution is -2.40. The molecule has 0 saturated heterocycles. The van der Waals surface area contributed by atoms with Gasteiger partial charge in [0, 0.05) is 138 Å². The van der Waals surface area contributed by atoms with Gasteiger partial charge in [-0.3, -0.25) is 47.8 Å². The number of nitrogens with zero attached hydrogens (tertiary/aromatic N) is 2. The Labute approximate surface area is 850 Å². The monoisotopic (exact) mass is 2090 g/mol. The largest absolute Gasteiger partial charge is 0.478 e. The maximum Gasteiger partial charge on any atom is 0.337 e. The number of carbonyl (C=O) groups is 8. The van der Waals surface area contributed by atoms with Gasteiger partial charge in [-0.25, -0.2) is 67.4 Å². The van der Waals surface area contributed by atoms with E-state index in [4.69, 9.17) is 29.0 Å². The number of fused-ring (bicyclic) bond motifs is 4. The summed E-state index contributed by atoms with van der Waals surface area (Å²) in [7, 11) is -13.7. The first-order valence-electron chi connectivity index (χ1n) is 45.9. The van der Waals surface area contributed by atoms with E-state index < -0.39 is 93.0 Å². The first kappa shape index (κ1) is 109. The third kappa shape index (κ3) is 25.9. The number of Topliss-reactive ketones (excluding diaryl/α,β-unsaturated/α-hetero) is 4. The fourth-order valence-electron chi connectivity index (χ4n) is 16.3. The lowest BCUT2D eigenvalue weighted by Gasteiger charge is -2.22. The molecule has 29 nitrogen and oxygen atoms in total. The molecule has 16 rings (SSSR count). The Morgan fingerprint density at radius 2 is 0.615 bits per heavy atom. The number of halogens is 4. The molecular weight excluding hydrogens is 1990 g/mol. The number of hydrogen-bond acceptors (Lipinski definition) is 21. The van der Waals surface area contributed by atoms with Crippen LogP contribution in [-0.2, 0) is 44.8 Å². The van der Waals surface area contributed by atoms with Crippen molar-refractivity contribution in [3.63, 3.8) is 0 Å². The minimum atomic E-state index is -3.92. The van der Waals surface area contributed by atoms with Crippen LogP contribution in [0.15, 0.2) is 260 Å². The van der Waals surface area contributed by atoms with Gasteiger partial charge in [-0.05, 0) is 234 Å². The van der Waals surface area contributed by atoms with Gasteiger partial charge in [0.2, 0.25) is 40.1 Å². The van der Waals surface area contributed by atoms with Crippen molar-refractivity contribution in [3.8, 4) is 89.8 Å². The number of ether oxygens (including phenoxy) is 1. The molecule has 0 bridgehead atoms. The third-order valence-corrected chi connectivity index (χ3v) is 25.6. The molecule has 6 N–H and O–H groups in total. The summed E-state index contributed by atoms with van der Waals surface area (Å²) >= 11 is 0. The highest BCUT2D eigenvalue weighted by atomic mass is 32.2. The summed E-state index contributed by atoms with van der Waals surface area (Å²) in [6.45, 7) is 25.0. The molecule has 0 unspecified atom stereocenters. The molecule has 0 aliphatic heterocycles. The van der Waals surface area contributed by atoms with Gasteiger partial charge in [-0.1, -0.05) is 76.2 Å². The first-order chi connectivity index (χ1) is 69.7. The Morgan fingerprint density at radius 3 is 0.872 bits per heavy atom. The van der Waals surface area contributed by atoms with E-state index in [0.29, 0.717) is 111 Å². The number of furan rings is 4. The van der Waals surface area contributed by atoms with Crippen molar-refractivity contribution < 1.29 is 117 Å². The SMILES string of the molecule is CCC(=O)c1c(-c2ccc(F)cc2)oc2cc(NS(C)(=O)=O)c(-c3cccc(C(=O)NC(C)(C)C)c3)cc12.CCC(=O)c1c(-c2ccc(F)cc2)oc2cc(NS(C)(=O)=O)c(-c3cccc(C(=O)O)c3)cc12.CCC(=O)c1c(-c2ccc(F)cc2)oc2cc(NS(C)(=O)=O)c(-c3cccc(C(=O)OC)c3)cc12.[C-]#[N+]CN(c1cc2oc(-c3ccc(F)cc3)c(C(=O)CC)c2cc1-c1cccc(C(=O)NC(C)(C)C)c1)S(C)(=O)=O. The topological polar surface area (TPSA) is 423 Å². The average Bonchev–Trinajstić information content (AvgIpc) is 1.59. The highest BCUT2D eigenvalue weighted by Crippen LogP contribution is 2.48. The molecule has 0 spiro atoms. The molecule has 37 heteroatoms. The maximum absolute atomic E-state index is 13.7. The lowest BCUT2D eigenvalue weighted by atomic mass is 9.95. The minimum Gasteiger partial charge on any atom is -0.478 e. The fraction of sp³-hybridized carbons (Fsp3) is 0.198. The van der Waals surface area contributed by atoms with Gasteiger partial charge in [0.15, 0.2) is 23.1 Å². The van der Waals surface area contributed by atoms with Crippen molar-refractivity contribution in [1.82, 2.24) is 10.6 Å². The zero-order valence-corrected chi connectivity index (χ0v) is 86.0. The van der Waals surface area contributed by atoms with Crippen LogP contribution in [0.5, 0.6) is 0 Å². The van der Waals surface area contributed by atoms with E-state index in [0.717, 1.165) is 29.3 Å². The molecule has 764 valence electrons. The number of carbonyl (C=O) groups excluding carboxylic acids is 7. The van der Waals surface area contributed by atoms with E-state index in [9.17, 15) is 94.7 Å². The van der Waals surface area contributed by atoms with Crippen molar-refractivity contribution in [1.29, 1.82) is 0 Å². The Morgan fingerprint density at radius 1 is 0.358 bits per heavy atom. The van der Waals surface area contributed by atoms with Crippen LogP contribution in [0.2, 0.25) is 0 Å². The molecule has 148 heavy (non-hydrogen) atoms. The van der Waals surface area contributed by atoms with Crippen LogP contribution in [0.1, 0.15) is 178 Å². The number of aromatic carboxylic acids is 1. The Bertz CT molecular complexity index is 8510. The van der Waals surface area contributed by atoms with Gasteiger partial charge in [-0.2, -0.15) is 4.31 Å². The second-order valence-electron chi connectivity index (χ2n) is 36.5. The number of anilines is 4. The van der Waals surface area contributed by atoms with Crippen LogP contribution in [0, 0.1) is 29.8 Å². The van der Waals surface area contributed by atoms with E-state index in [-0.39, 0.29) is 151 Å². The van der Waals surface area contributed by atoms with Gasteiger partial charge in [-0.15, -0.1) is 0 Å². The summed E-state index contributed by atoms with van der Waals surface area (Å²) in [5.41, 5.74) is 8.76. The van der Waals surface area contributed by atoms with E-state index in [1.54, 1.807) is 137 Å². The molecule has 0 fully saturated rings. The Balaban J connectivity index is 0.000000165. The Kier molecular flexibility index (Phi) is 32.5. The molecule has 0 atom stereocenters. The van der Waals surface area contributed by atoms with Crippen LogP contribution in [-0.4, -0.2) is 136 Å². The van der Waals surface area contributed by atoms with Crippen LogP contribution < -0.4 is 29.1 Å². The summed E-state index contributed by atoms with van der Waals surface area (Å²) in [4.78, 5) is 105. The number of esters is 1. The second-order valence-corrected chi connectivity index (χ2v) is 43.6. The van der Waals surface area contributed by atoms with Crippen LogP contribution in [0.4, 0.5) is 40.3 Å². The zero-order chi connectivity index (χ0) is 108. The number of methoxy groups -OCH3 is 1. The van der Waals surface area contributed by atoms with E-state index in [1.807, 2.05) is 41.5 Å². The van der Waals surface area contributed by atoms with Crippen molar-refractivity contribution in [2.75, 3.05) is 57.3 Å². The Hall–Kier alpha value is -16.4. The van der Waals surface area contributed by atoms with E-state index in [1.165, 1.54) is 141 Å². The van der Waals surface area contributed by atoms with Crippen molar-refractivity contribution in [2.24, 2.45) is 0 Å². The molecule has 12 aromatic carbocycles. The number of hydrogen-bond donors (Lipinski definition) is 6. The third-order valence-electron chi connectivity index (χ3n) is 22.7. The number of benzene rings is 12. The summed E-state index contributed by atoms with van der Waals surface area (Å²) < 4.78 is 190. The second kappa shape index (κ2) is 44.3. The molecule has 0 radical (unpaired) electrons. The summed E-state index contributed by atoms with van der Waals surface area (Å²) in [5.74, 6) is -3.83. The average molecular weight is 2090 g/mol. The van der Waals surface area contributed by atoms with Crippen molar-refractivity contribution in [2.45, 2.75) is 106 Å². The summed E-state index contributed by atoms with van der Waals surface area (Å²) in [6.07, 6.45) is 4.77. The van der Waals surface area contributed by atoms with Crippen molar-refractivity contribution >= 4 is 154 Å². The highest BCUT2D eigenvalue weighted by molar-refractivity contribution is 7.92. The van der Waals surface area contributed by atoms with Gasteiger partial charge >= 0.3 is 18.6 Å². The minimum absolute atomic E-state index is 0.0203. The molecule has 0 aliphatic carbocycles. The standard InChI is InChI=1S/C31H30FN3O5S.C29H29FN2O5S.C26H22FNO6S.C25H20FNO6S/c1-7-26(36)28-24-16-23(20-9-8-10-21(15-20)30(37)34-31(2,3)4)25(35(18-33-5)41(6,38)39)17-27(24)40-29(28)19-11-13-22(32)14-12-19;1-6-24(33)26-22-15-21(18-8-7-9-19(14-18)28(34)31-29(2,3)4)23(32-38(5,35)36)16-25(22)37-27(26)17-10-12-20(30)13-11-17;1-4-22(29)24-20-13-19(16-6-5-7-17(12-16)26(30)33-2)21(28-35(3,31)32)14-23(20)34-25(24)15-8-10-18(27)11-9-15;1-3-21(28)23-19-12-18(15-5-4-6-16(11-15)25(29)30)20(27-34(2,31)32)13-22(19)33-24(23)14-7-9-17(26)10-8-14/h8-17H,7,18H2,1-4,6H3,(H,34,37);7-16,32H,6H2,1-5H3,(H,31,34);5-14,28H,4H2,1-3H3;4-13,27H,3H2,1-2H3,(H,29,30). The predicted molar refractivity (Wildman–Crippen MR) is 564 cm³/mol. The van der Waals surface area contributed by atoms with E-state index in [2.05, 4.69) is 29.6 Å². The van der Waals surface area contributed by atoms with Gasteiger partial charge in [0.05, 0.1) is 88.3 Å². The number of nitrogens with one attached hydrogen (secondary N) is 5. The van der Waals surface area contributed by atoms with Crippen LogP contribution >= 0.6 is 0 Å². The van der Waals surface area contributed by atoms with Crippen LogP contribution in [0.3, 0.4) is 0 Å². The molecule has 0 aliphatic rings. The van der Waals surface area contributed by atoms with Gasteiger partial charge in [0.1, 0.15) is 68.6 Å². The van der Waals surface area contributed by atoms with Gasteiger partial charge < -0.3 is 38.1 Å². The number of carboxylic acids is 1. The van der Waals surface area contributed by atoms with E-state index >= 15 is 0 Å². The zero-order valence-electron chi connectivity index (χ0n) is 82.7. The lowest BCUT2D eigenvalue weighted by molar-refractivity contribution is 0.0598. The number of carboxylic acid groups (broad SMARTS) is 1.